The van der Waals surface area contributed by atoms with Gasteiger partial charge in [-0.05, 0) is 32.4 Å². The molecule has 3 heteroatoms. The summed E-state index contributed by atoms with van der Waals surface area (Å²) in [6.07, 6.45) is 1.24. The number of aryl methyl sites for hydroxylation is 2. The lowest BCUT2D eigenvalue weighted by atomic mass is 10.2. The number of pyridine rings is 1. The molecule has 0 fully saturated rings. The number of hydrogen-bond acceptors (Lipinski definition) is 2. The molecule has 0 bridgehead atoms. The summed E-state index contributed by atoms with van der Waals surface area (Å²) in [6, 6.07) is 4.38. The van der Waals surface area contributed by atoms with E-state index in [1.54, 1.807) is 0 Å². The monoisotopic (exact) mass is 207 g/mol. The molecule has 1 aliphatic rings. The Balaban J connectivity index is 2.41. The summed E-state index contributed by atoms with van der Waals surface area (Å²) < 4.78 is 8.00. The van der Waals surface area contributed by atoms with Gasteiger partial charge in [0.15, 0.2) is 0 Å². The molecule has 1 unspecified atom stereocenters. The quantitative estimate of drug-likeness (QED) is 0.750. The third-order valence-corrected chi connectivity index (χ3v) is 2.78. The molecule has 0 aliphatic carbocycles. The van der Waals surface area contributed by atoms with E-state index in [4.69, 9.17) is 4.74 Å². The van der Waals surface area contributed by atoms with Gasteiger partial charge in [0.25, 0.3) is 5.82 Å². The predicted molar refractivity (Wildman–Crippen MR) is 59.9 cm³/mol. The second-order valence-corrected chi connectivity index (χ2v) is 4.05. The van der Waals surface area contributed by atoms with Gasteiger partial charge in [0.05, 0.1) is 13.0 Å². The molecule has 0 aromatic carbocycles. The van der Waals surface area contributed by atoms with Crippen LogP contribution in [0.25, 0.3) is 0 Å². The lowest BCUT2D eigenvalue weighted by molar-refractivity contribution is -0.758. The van der Waals surface area contributed by atoms with E-state index in [9.17, 15) is 0 Å². The summed E-state index contributed by atoms with van der Waals surface area (Å²) in [4.78, 5) is 0. The maximum atomic E-state index is 5.75. The summed E-state index contributed by atoms with van der Waals surface area (Å²) >= 11 is 0. The minimum Gasteiger partial charge on any atom is -0.339 e. The van der Waals surface area contributed by atoms with Crippen molar-refractivity contribution >= 4 is 5.82 Å². The van der Waals surface area contributed by atoms with Crippen LogP contribution in [-0.2, 0) is 4.74 Å². The Hall–Kier alpha value is -1.09. The molecular formula is C12H19N2O+. The van der Waals surface area contributed by atoms with Gasteiger partial charge in [0.1, 0.15) is 5.69 Å². The van der Waals surface area contributed by atoms with Crippen molar-refractivity contribution in [3.05, 3.63) is 23.4 Å². The maximum absolute atomic E-state index is 5.75. The van der Waals surface area contributed by atoms with E-state index >= 15 is 0 Å². The Morgan fingerprint density at radius 1 is 1.47 bits per heavy atom. The van der Waals surface area contributed by atoms with Crippen molar-refractivity contribution in [2.24, 2.45) is 0 Å². The molecule has 1 aliphatic heterocycles. The van der Waals surface area contributed by atoms with E-state index in [0.717, 1.165) is 19.6 Å². The van der Waals surface area contributed by atoms with E-state index in [2.05, 4.69) is 35.9 Å². The van der Waals surface area contributed by atoms with Crippen LogP contribution in [-0.4, -0.2) is 13.2 Å². The van der Waals surface area contributed by atoms with Crippen molar-refractivity contribution in [3.63, 3.8) is 0 Å². The summed E-state index contributed by atoms with van der Waals surface area (Å²) in [5, 5.41) is 3.42. The Kier molecular flexibility index (Phi) is 2.91. The number of anilines is 1. The van der Waals surface area contributed by atoms with Crippen LogP contribution < -0.4 is 9.88 Å². The summed E-state index contributed by atoms with van der Waals surface area (Å²) in [5.74, 6) is 1.18. The first-order chi connectivity index (χ1) is 7.22. The fourth-order valence-corrected chi connectivity index (χ4v) is 2.24. The molecule has 1 aromatic rings. The average molecular weight is 207 g/mol. The molecule has 82 valence electrons. The molecule has 0 spiro atoms. The Labute approximate surface area is 91.1 Å². The van der Waals surface area contributed by atoms with Crippen LogP contribution in [0.1, 0.15) is 30.8 Å². The van der Waals surface area contributed by atoms with Crippen molar-refractivity contribution in [3.8, 4) is 0 Å². The maximum Gasteiger partial charge on any atom is 0.276 e. The first-order valence-electron chi connectivity index (χ1n) is 5.60. The predicted octanol–water partition coefficient (Wildman–Crippen LogP) is 1.94. The Morgan fingerprint density at radius 2 is 2.27 bits per heavy atom. The lowest BCUT2D eigenvalue weighted by Crippen LogP contribution is -2.50. The third-order valence-electron chi connectivity index (χ3n) is 2.78. The Morgan fingerprint density at radius 3 is 3.00 bits per heavy atom. The zero-order valence-electron chi connectivity index (χ0n) is 9.71. The van der Waals surface area contributed by atoms with E-state index in [0.29, 0.717) is 0 Å². The SMILES string of the molecule is CCOC1CCNc2cc(C)cc(C)[n+]21. The molecule has 2 heterocycles. The van der Waals surface area contributed by atoms with E-state index in [-0.39, 0.29) is 6.23 Å². The summed E-state index contributed by atoms with van der Waals surface area (Å²) in [5.41, 5.74) is 2.55. The number of rotatable bonds is 2. The molecule has 3 nitrogen and oxygen atoms in total. The lowest BCUT2D eigenvalue weighted by Gasteiger charge is -2.24. The second kappa shape index (κ2) is 4.19. The first kappa shape index (κ1) is 10.4. The van der Waals surface area contributed by atoms with Gasteiger partial charge in [-0.2, -0.15) is 0 Å². The van der Waals surface area contributed by atoms with Gasteiger partial charge in [-0.3, -0.25) is 5.32 Å². The molecule has 1 N–H and O–H groups in total. The summed E-state index contributed by atoms with van der Waals surface area (Å²) in [6.45, 7) is 8.07. The zero-order valence-corrected chi connectivity index (χ0v) is 9.71. The number of ether oxygens (including phenoxy) is 1. The Bertz CT molecular complexity index is 363. The molecule has 0 amide bonds. The van der Waals surface area contributed by atoms with Crippen LogP contribution >= 0.6 is 0 Å². The van der Waals surface area contributed by atoms with Gasteiger partial charge >= 0.3 is 0 Å². The number of nitrogens with one attached hydrogen (secondary N) is 1. The fraction of sp³-hybridized carbons (Fsp3) is 0.583. The molecule has 0 saturated heterocycles. The standard InChI is InChI=1S/C12H18N2O/c1-4-15-12-5-6-13-11-8-9(2)7-10(3)14(11)12/h7-8,12H,4-6H2,1-3H3/p+1. The van der Waals surface area contributed by atoms with Gasteiger partial charge in [0, 0.05) is 12.7 Å². The van der Waals surface area contributed by atoms with Crippen molar-refractivity contribution in [1.82, 2.24) is 0 Å². The molecular weight excluding hydrogens is 188 g/mol. The smallest absolute Gasteiger partial charge is 0.276 e. The van der Waals surface area contributed by atoms with E-state index < -0.39 is 0 Å². The van der Waals surface area contributed by atoms with Gasteiger partial charge in [0.2, 0.25) is 6.23 Å². The van der Waals surface area contributed by atoms with Gasteiger partial charge in [-0.15, -0.1) is 0 Å². The highest BCUT2D eigenvalue weighted by atomic mass is 16.5. The van der Waals surface area contributed by atoms with E-state index in [1.165, 1.54) is 17.1 Å². The van der Waals surface area contributed by atoms with Crippen molar-refractivity contribution in [2.45, 2.75) is 33.4 Å². The van der Waals surface area contributed by atoms with Crippen LogP contribution in [0.2, 0.25) is 0 Å². The molecule has 1 aromatic heterocycles. The largest absolute Gasteiger partial charge is 0.339 e. The topological polar surface area (TPSA) is 25.1 Å². The molecule has 0 saturated carbocycles. The normalized spacial score (nSPS) is 19.5. The molecule has 0 radical (unpaired) electrons. The van der Waals surface area contributed by atoms with Crippen LogP contribution in [0.3, 0.4) is 0 Å². The highest BCUT2D eigenvalue weighted by Gasteiger charge is 2.27. The average Bonchev–Trinajstić information content (AvgIpc) is 2.17. The molecule has 15 heavy (non-hydrogen) atoms. The van der Waals surface area contributed by atoms with E-state index in [1.807, 2.05) is 6.92 Å². The van der Waals surface area contributed by atoms with Gasteiger partial charge < -0.3 is 4.74 Å². The van der Waals surface area contributed by atoms with Crippen LogP contribution in [0.15, 0.2) is 12.1 Å². The van der Waals surface area contributed by atoms with Gasteiger partial charge in [-0.25, -0.2) is 4.57 Å². The number of fused-ring (bicyclic) bond motifs is 1. The molecule has 1 atom stereocenters. The minimum atomic E-state index is 0.201. The summed E-state index contributed by atoms with van der Waals surface area (Å²) in [7, 11) is 0. The van der Waals surface area contributed by atoms with Crippen molar-refractivity contribution < 1.29 is 9.30 Å². The number of aromatic nitrogens is 1. The fourth-order valence-electron chi connectivity index (χ4n) is 2.24. The second-order valence-electron chi connectivity index (χ2n) is 4.05. The van der Waals surface area contributed by atoms with Crippen molar-refractivity contribution in [1.29, 1.82) is 0 Å². The van der Waals surface area contributed by atoms with Crippen molar-refractivity contribution in [2.75, 3.05) is 18.5 Å². The minimum absolute atomic E-state index is 0.201. The van der Waals surface area contributed by atoms with Gasteiger partial charge in [-0.1, -0.05) is 0 Å². The zero-order chi connectivity index (χ0) is 10.8. The highest BCUT2D eigenvalue weighted by Crippen LogP contribution is 2.18. The molecule has 2 rings (SSSR count). The van der Waals surface area contributed by atoms with Crippen LogP contribution in [0.4, 0.5) is 5.82 Å². The number of nitrogens with zero attached hydrogens (tertiary/aromatic N) is 1. The first-order valence-corrected chi connectivity index (χ1v) is 5.60. The van der Waals surface area contributed by atoms with Crippen LogP contribution in [0, 0.1) is 13.8 Å². The third kappa shape index (κ3) is 1.97. The number of hydrogen-bond donors (Lipinski definition) is 1. The highest BCUT2D eigenvalue weighted by molar-refractivity contribution is 5.34. The van der Waals surface area contributed by atoms with Crippen LogP contribution in [0.5, 0.6) is 0 Å².